The van der Waals surface area contributed by atoms with E-state index in [1.807, 2.05) is 35.6 Å². The van der Waals surface area contributed by atoms with Crippen molar-refractivity contribution in [2.24, 2.45) is 0 Å². The van der Waals surface area contributed by atoms with Gasteiger partial charge in [0.1, 0.15) is 5.75 Å². The number of piperidine rings is 2. The van der Waals surface area contributed by atoms with E-state index >= 15 is 0 Å². The zero-order valence-electron chi connectivity index (χ0n) is 15.7. The summed E-state index contributed by atoms with van der Waals surface area (Å²) < 4.78 is 5.41. The van der Waals surface area contributed by atoms with Crippen LogP contribution in [0.5, 0.6) is 5.75 Å². The molecule has 0 radical (unpaired) electrons. The molecule has 0 spiro atoms. The number of thiophene rings is 1. The number of methoxy groups -OCH3 is 1. The van der Waals surface area contributed by atoms with Crippen LogP contribution >= 0.6 is 23.6 Å². The van der Waals surface area contributed by atoms with Gasteiger partial charge in [-0.3, -0.25) is 4.90 Å². The van der Waals surface area contributed by atoms with Gasteiger partial charge in [-0.15, -0.1) is 11.3 Å². The minimum Gasteiger partial charge on any atom is -0.495 e. The Morgan fingerprint density at radius 1 is 1.19 bits per heavy atom. The van der Waals surface area contributed by atoms with E-state index in [2.05, 4.69) is 33.0 Å². The van der Waals surface area contributed by atoms with Crippen molar-refractivity contribution < 1.29 is 4.74 Å². The number of para-hydroxylation sites is 2. The molecule has 0 unspecified atom stereocenters. The second-order valence-electron chi connectivity index (χ2n) is 7.46. The molecule has 6 heteroatoms. The number of fused-ring (bicyclic) bond motifs is 2. The average Bonchev–Trinajstić information content (AvgIpc) is 3.16. The Bertz CT molecular complexity index is 751. The highest BCUT2D eigenvalue weighted by Gasteiger charge is 2.38. The standard InChI is InChI=1S/C21H27N3OS2/c1-25-20-10-3-2-9-19(20)23-21(26)22-15-12-16-6-4-7-17(13-15)24(16)14-18-8-5-11-27-18/h2-3,5,8-11,15-17H,4,6-7,12-14H2,1H3,(H2,22,23,26)/t16-,17-/m0/s1. The molecule has 2 saturated heterocycles. The number of hydrogen-bond donors (Lipinski definition) is 2. The van der Waals surface area contributed by atoms with Crippen molar-refractivity contribution in [1.82, 2.24) is 10.2 Å². The highest BCUT2D eigenvalue weighted by atomic mass is 32.1. The molecule has 2 N–H and O–H groups in total. The third-order valence-corrected chi connectivity index (χ3v) is 6.82. The number of nitrogens with one attached hydrogen (secondary N) is 2. The maximum atomic E-state index is 5.59. The van der Waals surface area contributed by atoms with Crippen molar-refractivity contribution in [1.29, 1.82) is 0 Å². The lowest BCUT2D eigenvalue weighted by Gasteiger charge is -2.49. The summed E-state index contributed by atoms with van der Waals surface area (Å²) in [6.07, 6.45) is 6.28. The number of ether oxygens (including phenoxy) is 1. The largest absolute Gasteiger partial charge is 0.495 e. The molecule has 0 amide bonds. The van der Waals surface area contributed by atoms with Crippen LogP contribution in [0.25, 0.3) is 0 Å². The lowest BCUT2D eigenvalue weighted by Crippen LogP contribution is -2.56. The number of anilines is 1. The van der Waals surface area contributed by atoms with E-state index in [0.717, 1.165) is 30.8 Å². The summed E-state index contributed by atoms with van der Waals surface area (Å²) in [6.45, 7) is 1.10. The van der Waals surface area contributed by atoms with Crippen LogP contribution < -0.4 is 15.4 Å². The van der Waals surface area contributed by atoms with Gasteiger partial charge in [-0.2, -0.15) is 0 Å². The molecule has 27 heavy (non-hydrogen) atoms. The Balaban J connectivity index is 1.36. The molecule has 144 valence electrons. The first-order chi connectivity index (χ1) is 13.2. The van der Waals surface area contributed by atoms with Crippen LogP contribution in [0.2, 0.25) is 0 Å². The van der Waals surface area contributed by atoms with Gasteiger partial charge >= 0.3 is 0 Å². The molecule has 2 aliphatic heterocycles. The smallest absolute Gasteiger partial charge is 0.171 e. The SMILES string of the molecule is COc1ccccc1NC(=S)NC1C[C@@H]2CCC[C@@H](C1)N2Cc1cccs1. The third-order valence-electron chi connectivity index (χ3n) is 5.73. The van der Waals surface area contributed by atoms with Crippen molar-refractivity contribution in [2.75, 3.05) is 12.4 Å². The van der Waals surface area contributed by atoms with E-state index in [4.69, 9.17) is 17.0 Å². The third kappa shape index (κ3) is 4.45. The van der Waals surface area contributed by atoms with Crippen molar-refractivity contribution in [3.8, 4) is 5.75 Å². The fourth-order valence-corrected chi connectivity index (χ4v) is 5.52. The van der Waals surface area contributed by atoms with Gasteiger partial charge in [0.05, 0.1) is 12.8 Å². The number of rotatable bonds is 5. The Morgan fingerprint density at radius 2 is 1.96 bits per heavy atom. The molecule has 3 heterocycles. The Hall–Kier alpha value is -1.63. The van der Waals surface area contributed by atoms with Crippen LogP contribution in [0.3, 0.4) is 0 Å². The molecule has 4 nitrogen and oxygen atoms in total. The number of nitrogens with zero attached hydrogens (tertiary/aromatic N) is 1. The zero-order chi connectivity index (χ0) is 18.6. The lowest BCUT2D eigenvalue weighted by atomic mass is 9.81. The minimum atomic E-state index is 0.439. The predicted molar refractivity (Wildman–Crippen MR) is 117 cm³/mol. The van der Waals surface area contributed by atoms with Crippen LogP contribution in [-0.4, -0.2) is 35.2 Å². The van der Waals surface area contributed by atoms with Gasteiger partial charge in [0, 0.05) is 29.5 Å². The van der Waals surface area contributed by atoms with Crippen LogP contribution in [0.4, 0.5) is 5.69 Å². The molecule has 2 fully saturated rings. The van der Waals surface area contributed by atoms with E-state index in [-0.39, 0.29) is 0 Å². The molecular formula is C21H27N3OS2. The van der Waals surface area contributed by atoms with Gasteiger partial charge in [-0.1, -0.05) is 24.6 Å². The predicted octanol–water partition coefficient (Wildman–Crippen LogP) is 4.63. The molecule has 2 bridgehead atoms. The average molecular weight is 402 g/mol. The van der Waals surface area contributed by atoms with Gasteiger partial charge in [0.25, 0.3) is 0 Å². The maximum Gasteiger partial charge on any atom is 0.171 e. The first-order valence-electron chi connectivity index (χ1n) is 9.71. The monoisotopic (exact) mass is 401 g/mol. The van der Waals surface area contributed by atoms with E-state index < -0.39 is 0 Å². The van der Waals surface area contributed by atoms with Gasteiger partial charge in [0.2, 0.25) is 0 Å². The van der Waals surface area contributed by atoms with Crippen LogP contribution in [0, 0.1) is 0 Å². The van der Waals surface area contributed by atoms with Crippen molar-refractivity contribution in [3.05, 3.63) is 46.7 Å². The normalized spacial score (nSPS) is 25.0. The summed E-state index contributed by atoms with van der Waals surface area (Å²) in [5, 5.41) is 9.74. The molecule has 1 aromatic heterocycles. The van der Waals surface area contributed by atoms with E-state index in [9.17, 15) is 0 Å². The number of hydrogen-bond acceptors (Lipinski definition) is 4. The molecule has 0 saturated carbocycles. The Kier molecular flexibility index (Phi) is 5.95. The minimum absolute atomic E-state index is 0.439. The van der Waals surface area contributed by atoms with Gasteiger partial charge in [-0.25, -0.2) is 0 Å². The van der Waals surface area contributed by atoms with Crippen molar-refractivity contribution >= 4 is 34.4 Å². The fraction of sp³-hybridized carbons (Fsp3) is 0.476. The molecule has 2 aliphatic rings. The summed E-state index contributed by atoms with van der Waals surface area (Å²) in [7, 11) is 1.68. The molecule has 1 aromatic carbocycles. The Labute approximate surface area is 170 Å². The summed E-state index contributed by atoms with van der Waals surface area (Å²) >= 11 is 7.46. The van der Waals surface area contributed by atoms with Crippen LogP contribution in [0.1, 0.15) is 37.0 Å². The lowest BCUT2D eigenvalue weighted by molar-refractivity contribution is 0.0220. The van der Waals surface area contributed by atoms with E-state index in [0.29, 0.717) is 23.2 Å². The molecule has 4 rings (SSSR count). The molecule has 2 aromatic rings. The quantitative estimate of drug-likeness (QED) is 0.715. The second kappa shape index (κ2) is 8.59. The summed E-state index contributed by atoms with van der Waals surface area (Å²) in [4.78, 5) is 4.22. The van der Waals surface area contributed by atoms with E-state index in [1.54, 1.807) is 7.11 Å². The van der Waals surface area contributed by atoms with Crippen molar-refractivity contribution in [2.45, 2.75) is 56.8 Å². The van der Waals surface area contributed by atoms with Gasteiger partial charge < -0.3 is 15.4 Å². The van der Waals surface area contributed by atoms with E-state index in [1.165, 1.54) is 24.1 Å². The summed E-state index contributed by atoms with van der Waals surface area (Å²) in [6, 6.07) is 14.1. The fourth-order valence-electron chi connectivity index (χ4n) is 4.53. The summed E-state index contributed by atoms with van der Waals surface area (Å²) in [5.74, 6) is 0.810. The molecular weight excluding hydrogens is 374 g/mol. The van der Waals surface area contributed by atoms with Crippen molar-refractivity contribution in [3.63, 3.8) is 0 Å². The number of thiocarbonyl (C=S) groups is 1. The first-order valence-corrected chi connectivity index (χ1v) is 11.0. The topological polar surface area (TPSA) is 36.5 Å². The Morgan fingerprint density at radius 3 is 2.67 bits per heavy atom. The maximum absolute atomic E-state index is 5.59. The van der Waals surface area contributed by atoms with Crippen LogP contribution in [0.15, 0.2) is 41.8 Å². The zero-order valence-corrected chi connectivity index (χ0v) is 17.3. The van der Waals surface area contributed by atoms with Gasteiger partial charge in [-0.05, 0) is 61.5 Å². The molecule has 0 aliphatic carbocycles. The summed E-state index contributed by atoms with van der Waals surface area (Å²) in [5.41, 5.74) is 0.910. The second-order valence-corrected chi connectivity index (χ2v) is 8.90. The van der Waals surface area contributed by atoms with Gasteiger partial charge in [0.15, 0.2) is 5.11 Å². The number of benzene rings is 1. The highest BCUT2D eigenvalue weighted by Crippen LogP contribution is 2.36. The highest BCUT2D eigenvalue weighted by molar-refractivity contribution is 7.80. The first kappa shape index (κ1) is 18.7. The molecule has 2 atom stereocenters. The van der Waals surface area contributed by atoms with Crippen LogP contribution in [-0.2, 0) is 6.54 Å².